The number of hydrogen-bond donors (Lipinski definition) is 0. The summed E-state index contributed by atoms with van der Waals surface area (Å²) in [4.78, 5) is 0. The highest BCUT2D eigenvalue weighted by atomic mass is 16.3. The maximum Gasteiger partial charge on any atom is 0.0981 e. The van der Waals surface area contributed by atoms with Gasteiger partial charge in [0, 0.05) is 10.8 Å². The van der Waals surface area contributed by atoms with Gasteiger partial charge in [-0.15, -0.1) is 0 Å². The van der Waals surface area contributed by atoms with Crippen LogP contribution in [-0.4, -0.2) is 0 Å². The van der Waals surface area contributed by atoms with Crippen LogP contribution < -0.4 is 0 Å². The molecular formula is C14H10O. The average Bonchev–Trinajstić information content (AvgIpc) is 2.77. The van der Waals surface area contributed by atoms with Crippen LogP contribution in [-0.2, 0) is 0 Å². The molecule has 3 rings (SSSR count). The minimum absolute atomic E-state index is 1.15. The predicted molar refractivity (Wildman–Crippen MR) is 61.7 cm³/mol. The predicted octanol–water partition coefficient (Wildman–Crippen LogP) is 4.10. The Labute approximate surface area is 88.0 Å². The first kappa shape index (κ1) is 8.30. The number of fused-ring (bicyclic) bond motifs is 1. The molecule has 0 amide bonds. The second kappa shape index (κ2) is 3.28. The van der Waals surface area contributed by atoms with E-state index in [1.54, 1.807) is 12.5 Å². The molecule has 0 N–H and O–H groups in total. The molecular weight excluding hydrogens is 184 g/mol. The van der Waals surface area contributed by atoms with Crippen molar-refractivity contribution in [2.75, 3.05) is 0 Å². The quantitative estimate of drug-likeness (QED) is 0.568. The van der Waals surface area contributed by atoms with Crippen LogP contribution in [0.2, 0.25) is 0 Å². The Morgan fingerprint density at radius 3 is 2.33 bits per heavy atom. The van der Waals surface area contributed by atoms with Crippen LogP contribution in [0.15, 0.2) is 65.5 Å². The number of furan rings is 1. The molecule has 1 heterocycles. The molecule has 0 atom stereocenters. The van der Waals surface area contributed by atoms with E-state index in [1.165, 1.54) is 11.1 Å². The molecule has 0 aliphatic heterocycles. The van der Waals surface area contributed by atoms with Crippen LogP contribution in [0.5, 0.6) is 0 Å². The van der Waals surface area contributed by atoms with Gasteiger partial charge >= 0.3 is 0 Å². The van der Waals surface area contributed by atoms with Crippen molar-refractivity contribution in [2.45, 2.75) is 0 Å². The van der Waals surface area contributed by atoms with Gasteiger partial charge in [0.05, 0.1) is 12.5 Å². The van der Waals surface area contributed by atoms with Crippen molar-refractivity contribution in [3.63, 3.8) is 0 Å². The van der Waals surface area contributed by atoms with E-state index in [1.807, 2.05) is 6.07 Å². The van der Waals surface area contributed by atoms with Gasteiger partial charge in [0.2, 0.25) is 0 Å². The molecule has 72 valence electrons. The third kappa shape index (κ3) is 1.42. The van der Waals surface area contributed by atoms with Crippen LogP contribution in [0.1, 0.15) is 0 Å². The van der Waals surface area contributed by atoms with Crippen LogP contribution in [0.4, 0.5) is 0 Å². The van der Waals surface area contributed by atoms with E-state index in [0.717, 1.165) is 10.8 Å². The Hall–Kier alpha value is -2.02. The van der Waals surface area contributed by atoms with E-state index in [-0.39, 0.29) is 0 Å². The maximum atomic E-state index is 5.16. The normalized spacial score (nSPS) is 10.7. The van der Waals surface area contributed by atoms with Crippen molar-refractivity contribution in [3.8, 4) is 11.1 Å². The van der Waals surface area contributed by atoms with Crippen molar-refractivity contribution in [3.05, 3.63) is 61.1 Å². The molecule has 0 radical (unpaired) electrons. The molecule has 15 heavy (non-hydrogen) atoms. The van der Waals surface area contributed by atoms with Gasteiger partial charge in [0.15, 0.2) is 0 Å². The molecule has 1 nitrogen and oxygen atoms in total. The molecule has 0 saturated carbocycles. The van der Waals surface area contributed by atoms with Gasteiger partial charge in [-0.3, -0.25) is 0 Å². The minimum Gasteiger partial charge on any atom is -0.471 e. The highest BCUT2D eigenvalue weighted by Gasteiger charge is 1.99. The van der Waals surface area contributed by atoms with Crippen LogP contribution in [0, 0.1) is 0 Å². The summed E-state index contributed by atoms with van der Waals surface area (Å²) in [6.07, 6.45) is 3.55. The summed E-state index contributed by atoms with van der Waals surface area (Å²) in [6.45, 7) is 0. The molecule has 0 spiro atoms. The summed E-state index contributed by atoms with van der Waals surface area (Å²) in [6, 6.07) is 16.7. The highest BCUT2D eigenvalue weighted by molar-refractivity contribution is 5.86. The van der Waals surface area contributed by atoms with E-state index in [0.29, 0.717) is 0 Å². The van der Waals surface area contributed by atoms with Crippen molar-refractivity contribution in [2.24, 2.45) is 0 Å². The molecule has 0 aliphatic carbocycles. The fourth-order valence-electron chi connectivity index (χ4n) is 1.77. The zero-order valence-electron chi connectivity index (χ0n) is 8.18. The molecule has 0 fully saturated rings. The zero-order chi connectivity index (χ0) is 10.1. The van der Waals surface area contributed by atoms with Gasteiger partial charge in [-0.05, 0) is 17.2 Å². The molecule has 0 aliphatic rings. The number of rotatable bonds is 1. The Balaban J connectivity index is 2.19. The molecule has 0 saturated heterocycles. The van der Waals surface area contributed by atoms with Crippen LogP contribution in [0.3, 0.4) is 0 Å². The molecule has 1 aromatic heterocycles. The van der Waals surface area contributed by atoms with Gasteiger partial charge in [-0.2, -0.15) is 0 Å². The average molecular weight is 194 g/mol. The van der Waals surface area contributed by atoms with E-state index < -0.39 is 0 Å². The molecule has 0 unspecified atom stereocenters. The number of hydrogen-bond acceptors (Lipinski definition) is 1. The topological polar surface area (TPSA) is 13.1 Å². The maximum absolute atomic E-state index is 5.16. The molecule has 0 bridgehead atoms. The monoisotopic (exact) mass is 194 g/mol. The van der Waals surface area contributed by atoms with Crippen molar-refractivity contribution in [1.82, 2.24) is 0 Å². The summed E-state index contributed by atoms with van der Waals surface area (Å²) in [7, 11) is 0. The Bertz CT molecular complexity index is 578. The number of benzene rings is 2. The third-order valence-corrected chi connectivity index (χ3v) is 2.58. The minimum atomic E-state index is 1.15. The van der Waals surface area contributed by atoms with Crippen molar-refractivity contribution in [1.29, 1.82) is 0 Å². The van der Waals surface area contributed by atoms with Gasteiger partial charge in [-0.25, -0.2) is 0 Å². The zero-order valence-corrected chi connectivity index (χ0v) is 8.18. The van der Waals surface area contributed by atoms with E-state index in [9.17, 15) is 0 Å². The summed E-state index contributed by atoms with van der Waals surface area (Å²) >= 11 is 0. The largest absolute Gasteiger partial charge is 0.471 e. The molecule has 1 heteroatoms. The standard InChI is InChI=1S/C14H10O/c1-2-4-11(5-3-1)12-6-7-13-9-15-10-14(13)8-12/h1-10H. The summed E-state index contributed by atoms with van der Waals surface area (Å²) < 4.78 is 5.16. The lowest BCUT2D eigenvalue weighted by Gasteiger charge is -2.00. The molecule has 3 aromatic rings. The first-order valence-corrected chi connectivity index (χ1v) is 4.95. The second-order valence-electron chi connectivity index (χ2n) is 3.58. The van der Waals surface area contributed by atoms with Gasteiger partial charge < -0.3 is 4.42 Å². The fraction of sp³-hybridized carbons (Fsp3) is 0. The van der Waals surface area contributed by atoms with E-state index in [2.05, 4.69) is 42.5 Å². The Morgan fingerprint density at radius 1 is 0.667 bits per heavy atom. The first-order chi connectivity index (χ1) is 7.43. The SMILES string of the molecule is c1ccc(-c2ccc3cocc3c2)cc1. The lowest BCUT2D eigenvalue weighted by Crippen LogP contribution is -1.75. The van der Waals surface area contributed by atoms with Crippen molar-refractivity contribution < 1.29 is 4.42 Å². The summed E-state index contributed by atoms with van der Waals surface area (Å²) in [5.74, 6) is 0. The summed E-state index contributed by atoms with van der Waals surface area (Å²) in [5.41, 5.74) is 2.46. The van der Waals surface area contributed by atoms with E-state index >= 15 is 0 Å². The Kier molecular flexibility index (Phi) is 1.82. The van der Waals surface area contributed by atoms with Gasteiger partial charge in [-0.1, -0.05) is 42.5 Å². The fourth-order valence-corrected chi connectivity index (χ4v) is 1.77. The lowest BCUT2D eigenvalue weighted by molar-refractivity contribution is 0.572. The Morgan fingerprint density at radius 2 is 1.47 bits per heavy atom. The van der Waals surface area contributed by atoms with Crippen molar-refractivity contribution >= 4 is 10.8 Å². The van der Waals surface area contributed by atoms with Crippen LogP contribution >= 0.6 is 0 Å². The summed E-state index contributed by atoms with van der Waals surface area (Å²) in [5, 5.41) is 2.30. The van der Waals surface area contributed by atoms with Crippen LogP contribution in [0.25, 0.3) is 21.9 Å². The molecule has 2 aromatic carbocycles. The van der Waals surface area contributed by atoms with Gasteiger partial charge in [0.25, 0.3) is 0 Å². The third-order valence-electron chi connectivity index (χ3n) is 2.58. The lowest BCUT2D eigenvalue weighted by atomic mass is 10.0. The first-order valence-electron chi connectivity index (χ1n) is 4.95. The smallest absolute Gasteiger partial charge is 0.0981 e. The van der Waals surface area contributed by atoms with E-state index in [4.69, 9.17) is 4.42 Å². The highest BCUT2D eigenvalue weighted by Crippen LogP contribution is 2.24. The van der Waals surface area contributed by atoms with Gasteiger partial charge in [0.1, 0.15) is 0 Å². The second-order valence-corrected chi connectivity index (χ2v) is 3.58.